The molecule has 0 saturated carbocycles. The lowest BCUT2D eigenvalue weighted by atomic mass is 10.1. The number of nitrogens with zero attached hydrogens (tertiary/aromatic N) is 3. The number of likely N-dealkylation sites (N-methyl/N-ethyl adjacent to an activating group) is 1. The van der Waals surface area contributed by atoms with Crippen molar-refractivity contribution in [2.24, 2.45) is 0 Å². The Morgan fingerprint density at radius 1 is 1.19 bits per heavy atom. The summed E-state index contributed by atoms with van der Waals surface area (Å²) in [5.74, 6) is 0.249. The van der Waals surface area contributed by atoms with Crippen molar-refractivity contribution in [3.63, 3.8) is 0 Å². The number of imidazole rings is 1. The summed E-state index contributed by atoms with van der Waals surface area (Å²) >= 11 is 0. The van der Waals surface area contributed by atoms with Crippen molar-refractivity contribution in [2.45, 2.75) is 26.4 Å². The Kier molecular flexibility index (Phi) is 5.18. The maximum atomic E-state index is 13.5. The molecule has 0 amide bonds. The summed E-state index contributed by atoms with van der Waals surface area (Å²) in [6, 6.07) is 8.77. The molecule has 2 heterocycles. The van der Waals surface area contributed by atoms with E-state index in [1.54, 1.807) is 45.3 Å². The summed E-state index contributed by atoms with van der Waals surface area (Å²) in [5.41, 5.74) is 2.16. The lowest BCUT2D eigenvalue weighted by Crippen LogP contribution is -2.26. The Morgan fingerprint density at radius 2 is 1.97 bits per heavy atom. The second kappa shape index (κ2) is 7.70. The molecule has 0 bridgehead atoms. The number of carbonyl (C=O) groups is 1. The van der Waals surface area contributed by atoms with Gasteiger partial charge in [0.25, 0.3) is 0 Å². The van der Waals surface area contributed by atoms with E-state index in [1.807, 2.05) is 30.6 Å². The fourth-order valence-electron chi connectivity index (χ4n) is 3.55. The number of carbonyl (C=O) groups excluding carboxylic acids is 1. The molecule has 0 aliphatic carbocycles. The van der Waals surface area contributed by atoms with Crippen molar-refractivity contribution in [2.75, 3.05) is 32.5 Å². The SMILES string of the molecule is CN(C)CCNc1ccc2ncn3c4ccc(OC(=O)OC(C)(C)C)cc4c(=O)c1c23. The van der Waals surface area contributed by atoms with Crippen LogP contribution in [0.3, 0.4) is 0 Å². The zero-order valence-electron chi connectivity index (χ0n) is 18.4. The van der Waals surface area contributed by atoms with Gasteiger partial charge in [0.15, 0.2) is 5.43 Å². The first kappa shape index (κ1) is 20.9. The third-order valence-corrected chi connectivity index (χ3v) is 4.87. The topological polar surface area (TPSA) is 85.2 Å². The lowest BCUT2D eigenvalue weighted by molar-refractivity contribution is 0.0206. The van der Waals surface area contributed by atoms with Gasteiger partial charge in [-0.05, 0) is 65.2 Å². The highest BCUT2D eigenvalue weighted by Gasteiger charge is 2.20. The van der Waals surface area contributed by atoms with Crippen molar-refractivity contribution < 1.29 is 14.3 Å². The van der Waals surface area contributed by atoms with E-state index in [0.29, 0.717) is 22.8 Å². The fraction of sp³-hybridized carbons (Fsp3) is 0.348. The van der Waals surface area contributed by atoms with Crippen LogP contribution in [0.4, 0.5) is 10.5 Å². The molecule has 0 aliphatic rings. The van der Waals surface area contributed by atoms with Gasteiger partial charge in [-0.2, -0.15) is 0 Å². The minimum Gasteiger partial charge on any atom is -0.428 e. The number of hydrogen-bond acceptors (Lipinski definition) is 7. The number of aromatic nitrogens is 2. The molecular formula is C23H26N4O4. The van der Waals surface area contributed by atoms with Crippen LogP contribution in [0.2, 0.25) is 0 Å². The van der Waals surface area contributed by atoms with Crippen molar-refractivity contribution in [3.05, 3.63) is 46.9 Å². The maximum absolute atomic E-state index is 13.5. The van der Waals surface area contributed by atoms with Gasteiger partial charge in [0.1, 0.15) is 17.7 Å². The Hall–Kier alpha value is -3.39. The summed E-state index contributed by atoms with van der Waals surface area (Å²) < 4.78 is 12.4. The average molecular weight is 422 g/mol. The van der Waals surface area contributed by atoms with Gasteiger partial charge >= 0.3 is 6.16 Å². The highest BCUT2D eigenvalue weighted by atomic mass is 16.7. The predicted octanol–water partition coefficient (Wildman–Crippen LogP) is 3.73. The average Bonchev–Trinajstić information content (AvgIpc) is 3.09. The van der Waals surface area contributed by atoms with Crippen molar-refractivity contribution in [1.82, 2.24) is 14.3 Å². The van der Waals surface area contributed by atoms with E-state index in [4.69, 9.17) is 9.47 Å². The van der Waals surface area contributed by atoms with Crippen LogP contribution in [-0.2, 0) is 4.74 Å². The molecule has 0 atom stereocenters. The minimum absolute atomic E-state index is 0.143. The second-order valence-electron chi connectivity index (χ2n) is 8.78. The van der Waals surface area contributed by atoms with Gasteiger partial charge in [0, 0.05) is 18.8 Å². The van der Waals surface area contributed by atoms with E-state index >= 15 is 0 Å². The molecule has 0 saturated heterocycles. The molecule has 4 aromatic rings. The van der Waals surface area contributed by atoms with Gasteiger partial charge in [-0.3, -0.25) is 9.20 Å². The van der Waals surface area contributed by atoms with Crippen LogP contribution in [0.5, 0.6) is 5.75 Å². The molecule has 0 aliphatic heterocycles. The Bertz CT molecular complexity index is 1320. The smallest absolute Gasteiger partial charge is 0.428 e. The number of benzene rings is 2. The molecule has 31 heavy (non-hydrogen) atoms. The molecule has 4 rings (SSSR count). The number of anilines is 1. The molecule has 1 N–H and O–H groups in total. The molecule has 2 aromatic carbocycles. The first-order chi connectivity index (χ1) is 14.6. The molecule has 0 fully saturated rings. The maximum Gasteiger partial charge on any atom is 0.514 e. The molecule has 8 heteroatoms. The zero-order valence-corrected chi connectivity index (χ0v) is 18.4. The van der Waals surface area contributed by atoms with Crippen LogP contribution in [0.25, 0.3) is 27.3 Å². The van der Waals surface area contributed by atoms with E-state index in [9.17, 15) is 9.59 Å². The Labute approximate surface area is 179 Å². The summed E-state index contributed by atoms with van der Waals surface area (Å²) in [5, 5.41) is 4.37. The van der Waals surface area contributed by atoms with E-state index < -0.39 is 11.8 Å². The highest BCUT2D eigenvalue weighted by Crippen LogP contribution is 2.30. The summed E-state index contributed by atoms with van der Waals surface area (Å²) in [6.07, 6.45) is 0.893. The number of hydrogen-bond donors (Lipinski definition) is 1. The second-order valence-corrected chi connectivity index (χ2v) is 8.78. The Balaban J connectivity index is 1.82. The van der Waals surface area contributed by atoms with Gasteiger partial charge in [-0.15, -0.1) is 0 Å². The monoisotopic (exact) mass is 422 g/mol. The van der Waals surface area contributed by atoms with Gasteiger partial charge in [-0.25, -0.2) is 9.78 Å². The normalized spacial score (nSPS) is 12.2. The van der Waals surface area contributed by atoms with Crippen LogP contribution in [0, 0.1) is 0 Å². The summed E-state index contributed by atoms with van der Waals surface area (Å²) in [6.45, 7) is 6.81. The first-order valence-corrected chi connectivity index (χ1v) is 10.1. The van der Waals surface area contributed by atoms with Crippen molar-refractivity contribution in [1.29, 1.82) is 0 Å². The molecule has 2 aromatic heterocycles. The highest BCUT2D eigenvalue weighted by molar-refractivity contribution is 6.07. The first-order valence-electron chi connectivity index (χ1n) is 10.1. The summed E-state index contributed by atoms with van der Waals surface area (Å²) in [4.78, 5) is 32.1. The third kappa shape index (κ3) is 4.11. The van der Waals surface area contributed by atoms with Crippen LogP contribution in [0.15, 0.2) is 41.5 Å². The van der Waals surface area contributed by atoms with Gasteiger partial charge < -0.3 is 19.7 Å². The molecular weight excluding hydrogens is 396 g/mol. The van der Waals surface area contributed by atoms with Crippen LogP contribution in [0.1, 0.15) is 20.8 Å². The molecule has 0 unspecified atom stereocenters. The predicted molar refractivity (Wildman–Crippen MR) is 122 cm³/mol. The van der Waals surface area contributed by atoms with Crippen LogP contribution in [-0.4, -0.2) is 53.2 Å². The van der Waals surface area contributed by atoms with Gasteiger partial charge in [0.2, 0.25) is 0 Å². The standard InChI is InChI=1S/C23H26N4O4/c1-23(2,3)31-22(29)30-14-6-9-18-15(12-14)21(28)19-16(24-10-11-26(4)5)7-8-17-20(19)27(18)13-25-17/h6-9,12-13,24H,10-11H2,1-5H3. The van der Waals surface area contributed by atoms with E-state index in [2.05, 4.69) is 15.2 Å². The number of fused-ring (bicyclic) bond motifs is 2. The van der Waals surface area contributed by atoms with E-state index in [-0.39, 0.29) is 11.2 Å². The van der Waals surface area contributed by atoms with E-state index in [0.717, 1.165) is 23.3 Å². The van der Waals surface area contributed by atoms with Crippen molar-refractivity contribution >= 4 is 39.2 Å². The number of rotatable bonds is 5. The largest absolute Gasteiger partial charge is 0.514 e. The number of ether oxygens (including phenoxy) is 2. The van der Waals surface area contributed by atoms with Gasteiger partial charge in [-0.1, -0.05) is 0 Å². The summed E-state index contributed by atoms with van der Waals surface area (Å²) in [7, 11) is 4.00. The van der Waals surface area contributed by atoms with Crippen molar-refractivity contribution in [3.8, 4) is 5.75 Å². The third-order valence-electron chi connectivity index (χ3n) is 4.87. The van der Waals surface area contributed by atoms with Crippen LogP contribution < -0.4 is 15.5 Å². The number of pyridine rings is 1. The quantitative estimate of drug-likeness (QED) is 0.298. The molecule has 0 radical (unpaired) electrons. The zero-order chi connectivity index (χ0) is 22.3. The van der Waals surface area contributed by atoms with Crippen LogP contribution >= 0.6 is 0 Å². The minimum atomic E-state index is -0.813. The molecule has 162 valence electrons. The lowest BCUT2D eigenvalue weighted by Gasteiger charge is -2.18. The molecule has 8 nitrogen and oxygen atoms in total. The van der Waals surface area contributed by atoms with E-state index in [1.165, 1.54) is 0 Å². The number of nitrogens with one attached hydrogen (secondary N) is 1. The van der Waals surface area contributed by atoms with Gasteiger partial charge in [0.05, 0.1) is 27.3 Å². The molecule has 0 spiro atoms. The fourth-order valence-corrected chi connectivity index (χ4v) is 3.55. The Morgan fingerprint density at radius 3 is 2.68 bits per heavy atom.